The Morgan fingerprint density at radius 1 is 1.08 bits per heavy atom. The number of likely N-dealkylation sites (tertiary alicyclic amines) is 1. The molecule has 1 aliphatic carbocycles. The van der Waals surface area contributed by atoms with E-state index in [9.17, 15) is 4.79 Å². The van der Waals surface area contributed by atoms with E-state index < -0.39 is 0 Å². The van der Waals surface area contributed by atoms with E-state index >= 15 is 0 Å². The molecule has 0 unspecified atom stereocenters. The fourth-order valence-corrected chi connectivity index (χ4v) is 4.36. The van der Waals surface area contributed by atoms with Crippen molar-refractivity contribution in [1.29, 1.82) is 0 Å². The summed E-state index contributed by atoms with van der Waals surface area (Å²) in [4.78, 5) is 19.5. The van der Waals surface area contributed by atoms with Crippen LogP contribution in [0.3, 0.4) is 0 Å². The maximum Gasteiger partial charge on any atom is 0.222 e. The second kappa shape index (κ2) is 9.33. The van der Waals surface area contributed by atoms with Gasteiger partial charge >= 0.3 is 0 Å². The fraction of sp³-hybridized carbons (Fsp3) is 0.950. The molecular formula is C20H42N4O. The number of likely N-dealkylation sites (N-methyl/N-ethyl adjacent to an activating group) is 1. The van der Waals surface area contributed by atoms with Gasteiger partial charge in [-0.2, -0.15) is 0 Å². The lowest BCUT2D eigenvalue weighted by Crippen LogP contribution is -2.53. The molecule has 0 radical (unpaired) electrons. The highest BCUT2D eigenvalue weighted by atomic mass is 16.1. The van der Waals surface area contributed by atoms with E-state index in [2.05, 4.69) is 27.1 Å². The standard InChI is InChI=1S/C18H34N4O.C2H6.H2/c1-15(2)17(23)19-16-12-18(13-16)4-5-22(14-18)11-10-21-8-6-20(3)7-9-21;1-2;/h15-16H,4-14H2,1-3H3,(H,19,23);1-2H3;1H. The molecule has 0 atom stereocenters. The Kier molecular flexibility index (Phi) is 7.71. The summed E-state index contributed by atoms with van der Waals surface area (Å²) >= 11 is 0. The maximum absolute atomic E-state index is 11.8. The number of rotatable bonds is 5. The van der Waals surface area contributed by atoms with E-state index in [4.69, 9.17) is 0 Å². The van der Waals surface area contributed by atoms with E-state index in [1.54, 1.807) is 0 Å². The maximum atomic E-state index is 11.8. The summed E-state index contributed by atoms with van der Waals surface area (Å²) in [6.45, 7) is 17.7. The molecule has 0 bridgehead atoms. The molecule has 3 rings (SSSR count). The summed E-state index contributed by atoms with van der Waals surface area (Å²) < 4.78 is 0. The summed E-state index contributed by atoms with van der Waals surface area (Å²) in [7, 11) is 2.21. The zero-order valence-electron chi connectivity index (χ0n) is 17.2. The van der Waals surface area contributed by atoms with Gasteiger partial charge in [0.05, 0.1) is 0 Å². The number of carbonyl (C=O) groups excluding carboxylic acids is 1. The third-order valence-corrected chi connectivity index (χ3v) is 6.08. The first-order valence-corrected chi connectivity index (χ1v) is 10.4. The lowest BCUT2D eigenvalue weighted by Gasteiger charge is -2.46. The van der Waals surface area contributed by atoms with Crippen LogP contribution < -0.4 is 5.32 Å². The number of nitrogens with one attached hydrogen (secondary N) is 1. The van der Waals surface area contributed by atoms with Gasteiger partial charge < -0.3 is 15.1 Å². The monoisotopic (exact) mass is 354 g/mol. The number of amides is 1. The topological polar surface area (TPSA) is 38.8 Å². The van der Waals surface area contributed by atoms with Gasteiger partial charge in [-0.1, -0.05) is 27.7 Å². The molecule has 5 nitrogen and oxygen atoms in total. The van der Waals surface area contributed by atoms with Gasteiger partial charge in [0.25, 0.3) is 0 Å². The van der Waals surface area contributed by atoms with Crippen molar-refractivity contribution in [2.45, 2.75) is 53.0 Å². The van der Waals surface area contributed by atoms with Gasteiger partial charge in [-0.05, 0) is 38.3 Å². The second-order valence-corrected chi connectivity index (χ2v) is 8.44. The average molecular weight is 355 g/mol. The first kappa shape index (κ1) is 20.7. The van der Waals surface area contributed by atoms with Crippen molar-refractivity contribution in [2.24, 2.45) is 11.3 Å². The van der Waals surface area contributed by atoms with Gasteiger partial charge in [0, 0.05) is 59.2 Å². The highest BCUT2D eigenvalue weighted by molar-refractivity contribution is 5.78. The van der Waals surface area contributed by atoms with Crippen LogP contribution in [0.1, 0.15) is 48.4 Å². The number of piperazine rings is 1. The molecule has 2 heterocycles. The first-order chi connectivity index (χ1) is 12.0. The van der Waals surface area contributed by atoms with Gasteiger partial charge in [0.2, 0.25) is 5.91 Å². The smallest absolute Gasteiger partial charge is 0.222 e. The molecule has 1 N–H and O–H groups in total. The number of hydrogen-bond acceptors (Lipinski definition) is 4. The van der Waals surface area contributed by atoms with Gasteiger partial charge in [-0.25, -0.2) is 0 Å². The zero-order chi connectivity index (χ0) is 18.4. The molecule has 0 aromatic carbocycles. The van der Waals surface area contributed by atoms with Crippen molar-refractivity contribution in [2.75, 3.05) is 59.4 Å². The van der Waals surface area contributed by atoms with E-state index in [0.29, 0.717) is 11.5 Å². The highest BCUT2D eigenvalue weighted by Crippen LogP contribution is 2.48. The van der Waals surface area contributed by atoms with Crippen molar-refractivity contribution < 1.29 is 6.22 Å². The summed E-state index contributed by atoms with van der Waals surface area (Å²) in [5.41, 5.74) is 0.511. The predicted molar refractivity (Wildman–Crippen MR) is 107 cm³/mol. The minimum absolute atomic E-state index is 0. The molecule has 3 fully saturated rings. The van der Waals surface area contributed by atoms with E-state index in [-0.39, 0.29) is 13.3 Å². The molecule has 3 aliphatic rings. The van der Waals surface area contributed by atoms with Gasteiger partial charge in [-0.3, -0.25) is 9.69 Å². The van der Waals surface area contributed by atoms with Crippen LogP contribution in [-0.2, 0) is 4.79 Å². The summed E-state index contributed by atoms with van der Waals surface area (Å²) in [6.07, 6.45) is 3.71. The number of carbonyl (C=O) groups is 1. The normalized spacial score (nSPS) is 30.9. The zero-order valence-corrected chi connectivity index (χ0v) is 17.2. The molecule has 148 valence electrons. The van der Waals surface area contributed by atoms with Crippen LogP contribution in [0.2, 0.25) is 0 Å². The van der Waals surface area contributed by atoms with Crippen molar-refractivity contribution >= 4 is 5.91 Å². The molecular weight excluding hydrogens is 312 g/mol. The Morgan fingerprint density at radius 2 is 1.68 bits per heavy atom. The third-order valence-electron chi connectivity index (χ3n) is 6.08. The molecule has 1 amide bonds. The quantitative estimate of drug-likeness (QED) is 0.821. The van der Waals surface area contributed by atoms with Gasteiger partial charge in [0.1, 0.15) is 0 Å². The Hall–Kier alpha value is -0.650. The Morgan fingerprint density at radius 3 is 2.28 bits per heavy atom. The van der Waals surface area contributed by atoms with E-state index in [1.165, 1.54) is 71.6 Å². The van der Waals surface area contributed by atoms with E-state index in [1.807, 2.05) is 27.7 Å². The SMILES string of the molecule is CC.CC(C)C(=O)NC1CC2(CCN(CCN3CCN(C)CC3)C2)C1.[HH]. The van der Waals surface area contributed by atoms with Gasteiger partial charge in [0.15, 0.2) is 0 Å². The Labute approximate surface area is 156 Å². The van der Waals surface area contributed by atoms with Crippen LogP contribution in [0, 0.1) is 11.3 Å². The number of hydrogen-bond donors (Lipinski definition) is 1. The van der Waals surface area contributed by atoms with Crippen LogP contribution >= 0.6 is 0 Å². The molecule has 2 saturated heterocycles. The van der Waals surface area contributed by atoms with Crippen LogP contribution in [-0.4, -0.2) is 86.1 Å². The van der Waals surface area contributed by atoms with Gasteiger partial charge in [-0.15, -0.1) is 0 Å². The second-order valence-electron chi connectivity index (χ2n) is 8.44. The molecule has 5 heteroatoms. The average Bonchev–Trinajstić information content (AvgIpc) is 3.00. The molecule has 1 saturated carbocycles. The van der Waals surface area contributed by atoms with Crippen LogP contribution in [0.15, 0.2) is 0 Å². The van der Waals surface area contributed by atoms with Crippen molar-refractivity contribution in [3.63, 3.8) is 0 Å². The summed E-state index contributed by atoms with van der Waals surface area (Å²) in [5.74, 6) is 0.324. The van der Waals surface area contributed by atoms with Crippen molar-refractivity contribution in [3.8, 4) is 0 Å². The summed E-state index contributed by atoms with van der Waals surface area (Å²) in [5, 5.41) is 3.20. The minimum atomic E-state index is 0. The molecule has 0 aromatic rings. The lowest BCUT2D eigenvalue weighted by atomic mass is 9.65. The largest absolute Gasteiger partial charge is 0.353 e. The molecule has 0 aromatic heterocycles. The fourth-order valence-electron chi connectivity index (χ4n) is 4.36. The highest BCUT2D eigenvalue weighted by Gasteiger charge is 2.48. The van der Waals surface area contributed by atoms with Crippen LogP contribution in [0.5, 0.6) is 0 Å². The van der Waals surface area contributed by atoms with Crippen LogP contribution in [0.4, 0.5) is 0 Å². The van der Waals surface area contributed by atoms with Crippen molar-refractivity contribution in [1.82, 2.24) is 20.0 Å². The molecule has 1 spiro atoms. The Bertz CT molecular complexity index is 418. The van der Waals surface area contributed by atoms with Crippen molar-refractivity contribution in [3.05, 3.63) is 0 Å². The predicted octanol–water partition coefficient (Wildman–Crippen LogP) is 2.13. The first-order valence-electron chi connectivity index (χ1n) is 10.4. The third kappa shape index (κ3) is 5.66. The summed E-state index contributed by atoms with van der Waals surface area (Å²) in [6, 6.07) is 0.433. The van der Waals surface area contributed by atoms with Crippen LogP contribution in [0.25, 0.3) is 0 Å². The Balaban J connectivity index is 0.00000109. The minimum Gasteiger partial charge on any atom is -0.353 e. The lowest BCUT2D eigenvalue weighted by molar-refractivity contribution is -0.126. The van der Waals surface area contributed by atoms with E-state index in [0.717, 1.165) is 0 Å². The number of nitrogens with zero attached hydrogens (tertiary/aromatic N) is 3. The molecule has 2 aliphatic heterocycles. The molecule has 25 heavy (non-hydrogen) atoms.